The van der Waals surface area contributed by atoms with Gasteiger partial charge in [-0.2, -0.15) is 0 Å². The van der Waals surface area contributed by atoms with Crippen LogP contribution in [0.5, 0.6) is 0 Å². The highest BCUT2D eigenvalue weighted by Crippen LogP contribution is 2.24. The molecule has 1 N–H and O–H groups in total. The van der Waals surface area contributed by atoms with E-state index in [9.17, 15) is 0 Å². The fraction of sp³-hybridized carbons (Fsp3) is 0.471. The normalized spacial score (nSPS) is 12.6. The summed E-state index contributed by atoms with van der Waals surface area (Å²) in [6.45, 7) is 8.58. The maximum absolute atomic E-state index is 4.52. The molecule has 1 unspecified atom stereocenters. The second-order valence-corrected chi connectivity index (χ2v) is 5.09. The molecule has 0 saturated carbocycles. The van der Waals surface area contributed by atoms with Gasteiger partial charge in [-0.3, -0.25) is 0 Å². The predicted molar refractivity (Wildman–Crippen MR) is 84.7 cm³/mol. The second-order valence-electron chi connectivity index (χ2n) is 5.09. The zero-order valence-corrected chi connectivity index (χ0v) is 12.8. The van der Waals surface area contributed by atoms with E-state index in [2.05, 4.69) is 66.1 Å². The molecule has 0 bridgehead atoms. The summed E-state index contributed by atoms with van der Waals surface area (Å²) in [4.78, 5) is 4.52. The van der Waals surface area contributed by atoms with Gasteiger partial charge in [0.1, 0.15) is 5.82 Å². The van der Waals surface area contributed by atoms with E-state index in [-0.39, 0.29) is 0 Å². The first-order chi connectivity index (χ1) is 9.80. The van der Waals surface area contributed by atoms with Crippen molar-refractivity contribution in [3.8, 4) is 11.4 Å². The number of aromatic nitrogens is 2. The van der Waals surface area contributed by atoms with Gasteiger partial charge in [0.15, 0.2) is 0 Å². The van der Waals surface area contributed by atoms with Crippen molar-refractivity contribution in [3.05, 3.63) is 42.2 Å². The summed E-state index contributed by atoms with van der Waals surface area (Å²) >= 11 is 0. The number of hydrogen-bond acceptors (Lipinski definition) is 2. The Morgan fingerprint density at radius 2 is 2.10 bits per heavy atom. The molecular weight excluding hydrogens is 246 g/mol. The molecular formula is C17H25N3. The Bertz CT molecular complexity index is 531. The zero-order chi connectivity index (χ0) is 14.4. The summed E-state index contributed by atoms with van der Waals surface area (Å²) < 4.78 is 2.23. The summed E-state index contributed by atoms with van der Waals surface area (Å²) in [5, 5.41) is 3.53. The minimum Gasteiger partial charge on any atom is -0.331 e. The van der Waals surface area contributed by atoms with E-state index in [4.69, 9.17) is 0 Å². The third kappa shape index (κ3) is 3.28. The van der Waals surface area contributed by atoms with Crippen molar-refractivity contribution >= 4 is 0 Å². The Hall–Kier alpha value is -1.61. The maximum atomic E-state index is 4.52. The monoisotopic (exact) mass is 271 g/mol. The van der Waals surface area contributed by atoms with Crippen molar-refractivity contribution < 1.29 is 0 Å². The molecule has 0 amide bonds. The first-order valence-corrected chi connectivity index (χ1v) is 7.65. The summed E-state index contributed by atoms with van der Waals surface area (Å²) in [5.74, 6) is 1.07. The van der Waals surface area contributed by atoms with Gasteiger partial charge in [-0.25, -0.2) is 4.98 Å². The summed E-state index contributed by atoms with van der Waals surface area (Å²) in [6.07, 6.45) is 6.17. The molecule has 0 spiro atoms. The fourth-order valence-corrected chi connectivity index (χ4v) is 2.63. The lowest BCUT2D eigenvalue weighted by Gasteiger charge is -2.17. The predicted octanol–water partition coefficient (Wildman–Crippen LogP) is 4.02. The van der Waals surface area contributed by atoms with E-state index in [0.717, 1.165) is 31.8 Å². The van der Waals surface area contributed by atoms with Gasteiger partial charge in [0.2, 0.25) is 0 Å². The first kappa shape index (κ1) is 14.8. The van der Waals surface area contributed by atoms with Crippen LogP contribution in [0.4, 0.5) is 0 Å². The van der Waals surface area contributed by atoms with E-state index in [1.54, 1.807) is 0 Å². The topological polar surface area (TPSA) is 29.9 Å². The number of nitrogens with zero attached hydrogens (tertiary/aromatic N) is 2. The van der Waals surface area contributed by atoms with Crippen LogP contribution in [-0.4, -0.2) is 16.1 Å². The molecule has 3 heteroatoms. The number of rotatable bonds is 7. The second kappa shape index (κ2) is 7.25. The van der Waals surface area contributed by atoms with Gasteiger partial charge in [-0.1, -0.05) is 39.0 Å². The molecule has 0 fully saturated rings. The third-order valence-electron chi connectivity index (χ3n) is 3.59. The van der Waals surface area contributed by atoms with Crippen molar-refractivity contribution in [1.82, 2.24) is 14.9 Å². The van der Waals surface area contributed by atoms with Crippen molar-refractivity contribution in [2.75, 3.05) is 6.54 Å². The van der Waals surface area contributed by atoms with E-state index < -0.39 is 0 Å². The molecule has 0 aliphatic carbocycles. The van der Waals surface area contributed by atoms with Crippen LogP contribution in [-0.2, 0) is 6.54 Å². The molecule has 1 aromatic carbocycles. The van der Waals surface area contributed by atoms with Crippen LogP contribution in [0.3, 0.4) is 0 Å². The summed E-state index contributed by atoms with van der Waals surface area (Å²) in [7, 11) is 0. The average molecular weight is 271 g/mol. The van der Waals surface area contributed by atoms with Crippen molar-refractivity contribution in [1.29, 1.82) is 0 Å². The highest BCUT2D eigenvalue weighted by molar-refractivity contribution is 5.57. The van der Waals surface area contributed by atoms with Crippen LogP contribution < -0.4 is 5.32 Å². The highest BCUT2D eigenvalue weighted by Gasteiger charge is 2.11. The van der Waals surface area contributed by atoms with Crippen LogP contribution in [0.2, 0.25) is 0 Å². The quantitative estimate of drug-likeness (QED) is 0.824. The summed E-state index contributed by atoms with van der Waals surface area (Å²) in [6, 6.07) is 9.18. The molecule has 108 valence electrons. The van der Waals surface area contributed by atoms with E-state index in [1.165, 1.54) is 11.1 Å². The van der Waals surface area contributed by atoms with Crippen LogP contribution in [0.25, 0.3) is 11.4 Å². The standard InChI is InChI=1S/C17H25N3/c1-4-11-20-12-10-19-17(20)15-9-7-8-14(13-15)16(5-2)18-6-3/h7-10,12-13,16,18H,4-6,11H2,1-3H3. The Morgan fingerprint density at radius 3 is 2.80 bits per heavy atom. The van der Waals surface area contributed by atoms with Gasteiger partial charge in [0, 0.05) is 30.5 Å². The van der Waals surface area contributed by atoms with Gasteiger partial charge >= 0.3 is 0 Å². The average Bonchev–Trinajstić information content (AvgIpc) is 2.93. The van der Waals surface area contributed by atoms with Crippen LogP contribution in [0.15, 0.2) is 36.7 Å². The lowest BCUT2D eigenvalue weighted by atomic mass is 10.0. The number of nitrogens with one attached hydrogen (secondary N) is 1. The molecule has 1 heterocycles. The van der Waals surface area contributed by atoms with Gasteiger partial charge < -0.3 is 9.88 Å². The lowest BCUT2D eigenvalue weighted by Crippen LogP contribution is -2.20. The number of imidazole rings is 1. The van der Waals surface area contributed by atoms with Gasteiger partial charge in [-0.05, 0) is 31.0 Å². The van der Waals surface area contributed by atoms with E-state index in [0.29, 0.717) is 6.04 Å². The largest absolute Gasteiger partial charge is 0.331 e. The smallest absolute Gasteiger partial charge is 0.139 e. The van der Waals surface area contributed by atoms with Crippen molar-refractivity contribution in [2.45, 2.75) is 46.2 Å². The molecule has 3 nitrogen and oxygen atoms in total. The zero-order valence-electron chi connectivity index (χ0n) is 12.8. The molecule has 0 aliphatic heterocycles. The highest BCUT2D eigenvalue weighted by atomic mass is 15.1. The Labute approximate surface area is 122 Å². The van der Waals surface area contributed by atoms with Gasteiger partial charge in [0.05, 0.1) is 0 Å². The van der Waals surface area contributed by atoms with E-state index >= 15 is 0 Å². The van der Waals surface area contributed by atoms with Gasteiger partial charge in [-0.15, -0.1) is 0 Å². The number of aryl methyl sites for hydroxylation is 1. The summed E-state index contributed by atoms with van der Waals surface area (Å²) in [5.41, 5.74) is 2.55. The Balaban J connectivity index is 2.31. The molecule has 0 aliphatic rings. The molecule has 0 saturated heterocycles. The first-order valence-electron chi connectivity index (χ1n) is 7.65. The maximum Gasteiger partial charge on any atom is 0.139 e. The molecule has 0 radical (unpaired) electrons. The third-order valence-corrected chi connectivity index (χ3v) is 3.59. The SMILES string of the molecule is CCCn1ccnc1-c1cccc(C(CC)NCC)c1. The molecule has 1 aromatic heterocycles. The van der Waals surface area contributed by atoms with Crippen LogP contribution >= 0.6 is 0 Å². The van der Waals surface area contributed by atoms with Crippen LogP contribution in [0.1, 0.15) is 45.2 Å². The molecule has 20 heavy (non-hydrogen) atoms. The number of hydrogen-bond donors (Lipinski definition) is 1. The van der Waals surface area contributed by atoms with Gasteiger partial charge in [0.25, 0.3) is 0 Å². The minimum absolute atomic E-state index is 0.425. The minimum atomic E-state index is 0.425. The Morgan fingerprint density at radius 1 is 1.25 bits per heavy atom. The lowest BCUT2D eigenvalue weighted by molar-refractivity contribution is 0.537. The molecule has 2 aromatic rings. The molecule has 2 rings (SSSR count). The van der Waals surface area contributed by atoms with Crippen molar-refractivity contribution in [3.63, 3.8) is 0 Å². The fourth-order valence-electron chi connectivity index (χ4n) is 2.63. The van der Waals surface area contributed by atoms with Crippen molar-refractivity contribution in [2.24, 2.45) is 0 Å². The Kier molecular flexibility index (Phi) is 5.36. The van der Waals surface area contributed by atoms with Crippen LogP contribution in [0, 0.1) is 0 Å². The van der Waals surface area contributed by atoms with E-state index in [1.807, 2.05) is 6.20 Å². The number of benzene rings is 1. The molecule has 1 atom stereocenters.